The Labute approximate surface area is 93.1 Å². The first-order valence-corrected chi connectivity index (χ1v) is 5.90. The van der Waals surface area contributed by atoms with Crippen LogP contribution in [-0.2, 0) is 4.79 Å². The monoisotopic (exact) mass is 212 g/mol. The van der Waals surface area contributed by atoms with Crippen molar-refractivity contribution in [3.8, 4) is 0 Å². The molecule has 1 rings (SSSR count). The van der Waals surface area contributed by atoms with Crippen molar-refractivity contribution >= 4 is 5.97 Å². The number of carbonyl (C=O) groups is 1. The highest BCUT2D eigenvalue weighted by Gasteiger charge is 2.59. The standard InChI is InChI=1S/C13H24O2/c1-6-11(2,3)9-13(10(14)15)8-7-12(13,4)5/h6-9H2,1-5H3,(H,14,15). The molecular weight excluding hydrogens is 188 g/mol. The quantitative estimate of drug-likeness (QED) is 0.771. The molecule has 0 aromatic rings. The molecule has 0 aromatic carbocycles. The molecular formula is C13H24O2. The molecule has 1 unspecified atom stereocenters. The van der Waals surface area contributed by atoms with Crippen LogP contribution >= 0.6 is 0 Å². The molecule has 1 atom stereocenters. The predicted molar refractivity (Wildman–Crippen MR) is 61.8 cm³/mol. The number of hydrogen-bond acceptors (Lipinski definition) is 1. The van der Waals surface area contributed by atoms with Crippen LogP contribution in [0.25, 0.3) is 0 Å². The molecule has 88 valence electrons. The Hall–Kier alpha value is -0.530. The molecule has 0 radical (unpaired) electrons. The maximum Gasteiger partial charge on any atom is 0.310 e. The topological polar surface area (TPSA) is 37.3 Å². The predicted octanol–water partition coefficient (Wildman–Crippen LogP) is 3.70. The van der Waals surface area contributed by atoms with Crippen molar-refractivity contribution in [3.63, 3.8) is 0 Å². The van der Waals surface area contributed by atoms with Gasteiger partial charge in [0.15, 0.2) is 0 Å². The summed E-state index contributed by atoms with van der Waals surface area (Å²) in [6, 6.07) is 0. The Balaban J connectivity index is 2.91. The summed E-state index contributed by atoms with van der Waals surface area (Å²) in [5.41, 5.74) is -0.381. The fourth-order valence-corrected chi connectivity index (χ4v) is 2.67. The third-order valence-electron chi connectivity index (χ3n) is 4.62. The van der Waals surface area contributed by atoms with Crippen LogP contribution in [0.1, 0.15) is 60.3 Å². The summed E-state index contributed by atoms with van der Waals surface area (Å²) in [6.07, 6.45) is 3.73. The van der Waals surface area contributed by atoms with Gasteiger partial charge in [0.1, 0.15) is 0 Å². The summed E-state index contributed by atoms with van der Waals surface area (Å²) >= 11 is 0. The number of aliphatic carboxylic acids is 1. The van der Waals surface area contributed by atoms with Gasteiger partial charge in [-0.1, -0.05) is 41.0 Å². The lowest BCUT2D eigenvalue weighted by molar-refractivity contribution is -0.177. The van der Waals surface area contributed by atoms with E-state index in [1.165, 1.54) is 0 Å². The molecule has 2 nitrogen and oxygen atoms in total. The molecule has 0 aliphatic heterocycles. The SMILES string of the molecule is CCC(C)(C)CC1(C(=O)O)CCC1(C)C. The van der Waals surface area contributed by atoms with Crippen LogP contribution in [0.2, 0.25) is 0 Å². The number of carboxylic acid groups (broad SMARTS) is 1. The summed E-state index contributed by atoms with van der Waals surface area (Å²) in [7, 11) is 0. The minimum atomic E-state index is -0.597. The number of carboxylic acids is 1. The van der Waals surface area contributed by atoms with E-state index in [9.17, 15) is 9.90 Å². The molecule has 0 bridgehead atoms. The Bertz CT molecular complexity index is 266. The molecule has 2 heteroatoms. The molecule has 1 N–H and O–H groups in total. The van der Waals surface area contributed by atoms with Gasteiger partial charge in [-0.25, -0.2) is 0 Å². The highest BCUT2D eigenvalue weighted by molar-refractivity contribution is 5.77. The third kappa shape index (κ3) is 1.91. The Morgan fingerprint density at radius 3 is 2.07 bits per heavy atom. The second kappa shape index (κ2) is 3.50. The highest BCUT2D eigenvalue weighted by atomic mass is 16.4. The van der Waals surface area contributed by atoms with Crippen molar-refractivity contribution in [1.82, 2.24) is 0 Å². The van der Waals surface area contributed by atoms with Crippen LogP contribution in [0.3, 0.4) is 0 Å². The van der Waals surface area contributed by atoms with Crippen molar-refractivity contribution in [2.75, 3.05) is 0 Å². The van der Waals surface area contributed by atoms with Gasteiger partial charge in [-0.2, -0.15) is 0 Å². The first kappa shape index (κ1) is 12.5. The first-order chi connectivity index (χ1) is 6.67. The fourth-order valence-electron chi connectivity index (χ4n) is 2.67. The minimum Gasteiger partial charge on any atom is -0.481 e. The van der Waals surface area contributed by atoms with Gasteiger partial charge in [0.2, 0.25) is 0 Å². The van der Waals surface area contributed by atoms with Gasteiger partial charge in [0.25, 0.3) is 0 Å². The summed E-state index contributed by atoms with van der Waals surface area (Å²) in [4.78, 5) is 11.5. The zero-order valence-electron chi connectivity index (χ0n) is 10.7. The van der Waals surface area contributed by atoms with Crippen molar-refractivity contribution < 1.29 is 9.90 Å². The van der Waals surface area contributed by atoms with Gasteiger partial charge in [-0.05, 0) is 30.1 Å². The molecule has 15 heavy (non-hydrogen) atoms. The number of rotatable bonds is 4. The largest absolute Gasteiger partial charge is 0.481 e. The number of hydrogen-bond donors (Lipinski definition) is 1. The molecule has 1 aliphatic rings. The summed E-state index contributed by atoms with van der Waals surface area (Å²) in [6.45, 7) is 10.7. The van der Waals surface area contributed by atoms with Gasteiger partial charge in [0.05, 0.1) is 5.41 Å². The molecule has 1 fully saturated rings. The van der Waals surface area contributed by atoms with Crippen LogP contribution in [-0.4, -0.2) is 11.1 Å². The van der Waals surface area contributed by atoms with E-state index in [4.69, 9.17) is 0 Å². The van der Waals surface area contributed by atoms with Crippen molar-refractivity contribution in [1.29, 1.82) is 0 Å². The lowest BCUT2D eigenvalue weighted by Gasteiger charge is -2.55. The van der Waals surface area contributed by atoms with Crippen LogP contribution in [0.4, 0.5) is 0 Å². The van der Waals surface area contributed by atoms with Crippen LogP contribution in [0.5, 0.6) is 0 Å². The van der Waals surface area contributed by atoms with Gasteiger partial charge in [-0.15, -0.1) is 0 Å². The molecule has 0 aromatic heterocycles. The summed E-state index contributed by atoms with van der Waals surface area (Å²) in [5, 5.41) is 9.48. The zero-order valence-corrected chi connectivity index (χ0v) is 10.7. The molecule has 0 heterocycles. The van der Waals surface area contributed by atoms with E-state index in [2.05, 4.69) is 34.6 Å². The fraction of sp³-hybridized carbons (Fsp3) is 0.923. The average molecular weight is 212 g/mol. The third-order valence-corrected chi connectivity index (χ3v) is 4.62. The second-order valence-corrected chi connectivity index (χ2v) is 6.47. The lowest BCUT2D eigenvalue weighted by atomic mass is 9.47. The van der Waals surface area contributed by atoms with E-state index in [0.29, 0.717) is 0 Å². The van der Waals surface area contributed by atoms with E-state index in [1.54, 1.807) is 0 Å². The van der Waals surface area contributed by atoms with Gasteiger partial charge < -0.3 is 5.11 Å². The molecule has 0 saturated heterocycles. The zero-order chi connectivity index (χ0) is 11.9. The average Bonchev–Trinajstić information content (AvgIpc) is 2.12. The van der Waals surface area contributed by atoms with Gasteiger partial charge in [0, 0.05) is 0 Å². The Morgan fingerprint density at radius 1 is 1.33 bits per heavy atom. The summed E-state index contributed by atoms with van der Waals surface area (Å²) < 4.78 is 0. The van der Waals surface area contributed by atoms with Crippen LogP contribution in [0.15, 0.2) is 0 Å². The first-order valence-electron chi connectivity index (χ1n) is 5.90. The lowest BCUT2D eigenvalue weighted by Crippen LogP contribution is -2.54. The van der Waals surface area contributed by atoms with Gasteiger partial charge >= 0.3 is 5.97 Å². The molecule has 1 saturated carbocycles. The van der Waals surface area contributed by atoms with Crippen LogP contribution < -0.4 is 0 Å². The van der Waals surface area contributed by atoms with Crippen molar-refractivity contribution in [3.05, 3.63) is 0 Å². The van der Waals surface area contributed by atoms with Crippen LogP contribution in [0, 0.1) is 16.2 Å². The maximum absolute atomic E-state index is 11.5. The Kier molecular flexibility index (Phi) is 2.92. The van der Waals surface area contributed by atoms with E-state index in [-0.39, 0.29) is 10.8 Å². The molecule has 0 spiro atoms. The van der Waals surface area contributed by atoms with E-state index in [0.717, 1.165) is 25.7 Å². The molecule has 1 aliphatic carbocycles. The molecule has 0 amide bonds. The second-order valence-electron chi connectivity index (χ2n) is 6.47. The summed E-state index contributed by atoms with van der Waals surface area (Å²) in [5.74, 6) is -0.597. The normalized spacial score (nSPS) is 29.7. The highest BCUT2D eigenvalue weighted by Crippen LogP contribution is 2.61. The van der Waals surface area contributed by atoms with Crippen molar-refractivity contribution in [2.45, 2.75) is 60.3 Å². The van der Waals surface area contributed by atoms with E-state index >= 15 is 0 Å². The smallest absolute Gasteiger partial charge is 0.310 e. The maximum atomic E-state index is 11.5. The minimum absolute atomic E-state index is 0.0364. The Morgan fingerprint density at radius 2 is 1.87 bits per heavy atom. The van der Waals surface area contributed by atoms with Crippen molar-refractivity contribution in [2.24, 2.45) is 16.2 Å². The van der Waals surface area contributed by atoms with E-state index < -0.39 is 11.4 Å². The van der Waals surface area contributed by atoms with E-state index in [1.807, 2.05) is 0 Å². The van der Waals surface area contributed by atoms with Gasteiger partial charge in [-0.3, -0.25) is 4.79 Å².